The monoisotopic (exact) mass is 500 g/mol. The van der Waals surface area contributed by atoms with Gasteiger partial charge in [-0.2, -0.15) is 4.98 Å². The SMILES string of the molecule is C[C@@H]1CN(Cc2nc(-c3cn(CC4CCOCC4)c4c(Cl)cccc34)no2)C[C@H](C)N1CC(N)=O. The van der Waals surface area contributed by atoms with Crippen molar-refractivity contribution in [1.82, 2.24) is 24.5 Å². The molecule has 2 saturated heterocycles. The van der Waals surface area contributed by atoms with Crippen LogP contribution in [-0.4, -0.2) is 75.3 Å². The van der Waals surface area contributed by atoms with E-state index in [2.05, 4.69) is 45.6 Å². The van der Waals surface area contributed by atoms with Crippen molar-refractivity contribution in [3.8, 4) is 11.4 Å². The van der Waals surface area contributed by atoms with E-state index in [4.69, 9.17) is 31.6 Å². The van der Waals surface area contributed by atoms with Gasteiger partial charge in [-0.1, -0.05) is 28.9 Å². The van der Waals surface area contributed by atoms with E-state index in [9.17, 15) is 4.79 Å². The van der Waals surface area contributed by atoms with Gasteiger partial charge in [-0.3, -0.25) is 14.6 Å². The maximum absolute atomic E-state index is 11.4. The maximum atomic E-state index is 11.4. The molecular formula is C25H33ClN6O3. The van der Waals surface area contributed by atoms with Crippen LogP contribution in [0.15, 0.2) is 28.9 Å². The molecule has 0 aliphatic carbocycles. The Hall–Kier alpha value is -2.46. The van der Waals surface area contributed by atoms with Crippen molar-refractivity contribution in [3.05, 3.63) is 35.3 Å². The lowest BCUT2D eigenvalue weighted by Crippen LogP contribution is -2.58. The molecule has 2 aromatic heterocycles. The molecule has 0 radical (unpaired) electrons. The Morgan fingerprint density at radius 1 is 1.20 bits per heavy atom. The first-order valence-electron chi connectivity index (χ1n) is 12.3. The number of benzene rings is 1. The summed E-state index contributed by atoms with van der Waals surface area (Å²) in [7, 11) is 0. The fraction of sp³-hybridized carbons (Fsp3) is 0.560. The van der Waals surface area contributed by atoms with Crippen LogP contribution >= 0.6 is 11.6 Å². The summed E-state index contributed by atoms with van der Waals surface area (Å²) >= 11 is 6.64. The zero-order chi connectivity index (χ0) is 24.5. The summed E-state index contributed by atoms with van der Waals surface area (Å²) in [6.45, 7) is 9.18. The highest BCUT2D eigenvalue weighted by atomic mass is 35.5. The molecule has 0 unspecified atom stereocenters. The van der Waals surface area contributed by atoms with Crippen molar-refractivity contribution in [2.45, 2.75) is 51.9 Å². The number of fused-ring (bicyclic) bond motifs is 1. The van der Waals surface area contributed by atoms with Gasteiger partial charge in [0, 0.05) is 62.1 Å². The summed E-state index contributed by atoms with van der Waals surface area (Å²) in [5, 5.41) is 6.07. The van der Waals surface area contributed by atoms with Crippen molar-refractivity contribution >= 4 is 28.4 Å². The Kier molecular flexibility index (Phi) is 7.11. The second kappa shape index (κ2) is 10.3. The first-order valence-corrected chi connectivity index (χ1v) is 12.7. The molecule has 0 bridgehead atoms. The van der Waals surface area contributed by atoms with Gasteiger partial charge in [0.1, 0.15) is 0 Å². The van der Waals surface area contributed by atoms with Gasteiger partial charge in [-0.25, -0.2) is 0 Å². The number of ether oxygens (including phenoxy) is 1. The minimum atomic E-state index is -0.296. The molecule has 1 aromatic carbocycles. The summed E-state index contributed by atoms with van der Waals surface area (Å²) in [4.78, 5) is 20.6. The highest BCUT2D eigenvalue weighted by molar-refractivity contribution is 6.35. The lowest BCUT2D eigenvalue weighted by Gasteiger charge is -2.43. The molecule has 188 valence electrons. The van der Waals surface area contributed by atoms with Crippen molar-refractivity contribution in [3.63, 3.8) is 0 Å². The molecule has 35 heavy (non-hydrogen) atoms. The number of hydrogen-bond donors (Lipinski definition) is 1. The van der Waals surface area contributed by atoms with Crippen molar-refractivity contribution in [2.75, 3.05) is 32.8 Å². The number of primary amides is 1. The van der Waals surface area contributed by atoms with E-state index in [1.807, 2.05) is 12.1 Å². The molecule has 1 amide bonds. The van der Waals surface area contributed by atoms with Crippen LogP contribution < -0.4 is 5.73 Å². The molecule has 2 N–H and O–H groups in total. The number of carbonyl (C=O) groups excluding carboxylic acids is 1. The van der Waals surface area contributed by atoms with Crippen LogP contribution in [0.1, 0.15) is 32.6 Å². The molecule has 2 fully saturated rings. The normalized spacial score (nSPS) is 22.7. The first-order chi connectivity index (χ1) is 16.9. The summed E-state index contributed by atoms with van der Waals surface area (Å²) in [5.74, 6) is 1.41. The lowest BCUT2D eigenvalue weighted by molar-refractivity contribution is -0.121. The number of piperazine rings is 1. The quantitative estimate of drug-likeness (QED) is 0.531. The van der Waals surface area contributed by atoms with Gasteiger partial charge < -0.3 is 19.6 Å². The second-order valence-corrected chi connectivity index (χ2v) is 10.3. The molecule has 3 aromatic rings. The number of nitrogens with zero attached hydrogens (tertiary/aromatic N) is 5. The second-order valence-electron chi connectivity index (χ2n) is 9.93. The van der Waals surface area contributed by atoms with Crippen LogP contribution in [0.3, 0.4) is 0 Å². The van der Waals surface area contributed by atoms with Crippen molar-refractivity contribution in [2.24, 2.45) is 11.7 Å². The summed E-state index contributed by atoms with van der Waals surface area (Å²) in [5.41, 5.74) is 7.36. The molecule has 9 nitrogen and oxygen atoms in total. The molecule has 0 spiro atoms. The Morgan fingerprint density at radius 2 is 1.94 bits per heavy atom. The van der Waals surface area contributed by atoms with Gasteiger partial charge in [0.15, 0.2) is 0 Å². The molecule has 2 aliphatic rings. The number of carbonyl (C=O) groups is 1. The van der Waals surface area contributed by atoms with E-state index in [0.717, 1.165) is 67.2 Å². The number of rotatable bonds is 7. The van der Waals surface area contributed by atoms with Gasteiger partial charge in [0.05, 0.1) is 23.6 Å². The van der Waals surface area contributed by atoms with Gasteiger partial charge in [0.25, 0.3) is 0 Å². The van der Waals surface area contributed by atoms with Gasteiger partial charge >= 0.3 is 0 Å². The molecule has 5 rings (SSSR count). The third-order valence-corrected chi connectivity index (χ3v) is 7.53. The third-order valence-electron chi connectivity index (χ3n) is 7.23. The molecule has 0 saturated carbocycles. The number of hydrogen-bond acceptors (Lipinski definition) is 7. The van der Waals surface area contributed by atoms with Crippen LogP contribution in [0.5, 0.6) is 0 Å². The Labute approximate surface area is 210 Å². The van der Waals surface area contributed by atoms with Gasteiger partial charge in [0.2, 0.25) is 17.6 Å². The summed E-state index contributed by atoms with van der Waals surface area (Å²) in [6.07, 6.45) is 4.21. The molecular weight excluding hydrogens is 468 g/mol. The lowest BCUT2D eigenvalue weighted by atomic mass is 10.0. The standard InChI is InChI=1S/C25H33ClN6O3/c1-16-10-30(11-17(2)32(16)14-22(27)33)15-23-28-25(29-35-23)20-13-31(12-18-6-8-34-9-7-18)24-19(20)4-3-5-21(24)26/h3-5,13,16-18H,6-12,14-15H2,1-2H3,(H2,27,33)/t16-,17+. The van der Waals surface area contributed by atoms with Crippen molar-refractivity contribution < 1.29 is 14.1 Å². The van der Waals surface area contributed by atoms with E-state index in [1.54, 1.807) is 0 Å². The first kappa shape index (κ1) is 24.2. The summed E-state index contributed by atoms with van der Waals surface area (Å²) in [6, 6.07) is 6.37. The highest BCUT2D eigenvalue weighted by Crippen LogP contribution is 2.34. The Morgan fingerprint density at radius 3 is 2.66 bits per heavy atom. The van der Waals surface area contributed by atoms with E-state index in [1.165, 1.54) is 0 Å². The minimum Gasteiger partial charge on any atom is -0.381 e. The van der Waals surface area contributed by atoms with Crippen LogP contribution in [0.25, 0.3) is 22.3 Å². The molecule has 2 aliphatic heterocycles. The smallest absolute Gasteiger partial charge is 0.241 e. The average molecular weight is 501 g/mol. The predicted molar refractivity (Wildman–Crippen MR) is 134 cm³/mol. The fourth-order valence-corrected chi connectivity index (χ4v) is 5.83. The zero-order valence-corrected chi connectivity index (χ0v) is 21.1. The minimum absolute atomic E-state index is 0.207. The zero-order valence-electron chi connectivity index (χ0n) is 20.3. The molecule has 2 atom stereocenters. The van der Waals surface area contributed by atoms with E-state index in [0.29, 0.717) is 24.2 Å². The molecule has 10 heteroatoms. The Bertz CT molecular complexity index is 1180. The van der Waals surface area contributed by atoms with Gasteiger partial charge in [-0.05, 0) is 38.7 Å². The Balaban J connectivity index is 1.35. The number of amides is 1. The number of aromatic nitrogens is 3. The van der Waals surface area contributed by atoms with Crippen LogP contribution in [0, 0.1) is 5.92 Å². The topological polar surface area (TPSA) is 103 Å². The van der Waals surface area contributed by atoms with E-state index < -0.39 is 0 Å². The van der Waals surface area contributed by atoms with E-state index >= 15 is 0 Å². The number of para-hydroxylation sites is 1. The third kappa shape index (κ3) is 5.23. The highest BCUT2D eigenvalue weighted by Gasteiger charge is 2.31. The average Bonchev–Trinajstić information content (AvgIpc) is 3.42. The molecule has 4 heterocycles. The number of halogens is 1. The van der Waals surface area contributed by atoms with Crippen LogP contribution in [0.2, 0.25) is 5.02 Å². The van der Waals surface area contributed by atoms with Crippen LogP contribution in [0.4, 0.5) is 0 Å². The number of nitrogens with two attached hydrogens (primary N) is 1. The van der Waals surface area contributed by atoms with E-state index in [-0.39, 0.29) is 24.5 Å². The fourth-order valence-electron chi connectivity index (χ4n) is 5.55. The van der Waals surface area contributed by atoms with Crippen molar-refractivity contribution in [1.29, 1.82) is 0 Å². The summed E-state index contributed by atoms with van der Waals surface area (Å²) < 4.78 is 13.4. The predicted octanol–water partition coefficient (Wildman–Crippen LogP) is 3.15. The van der Waals surface area contributed by atoms with Crippen LogP contribution in [-0.2, 0) is 22.6 Å². The maximum Gasteiger partial charge on any atom is 0.241 e. The largest absolute Gasteiger partial charge is 0.381 e. The van der Waals surface area contributed by atoms with Gasteiger partial charge in [-0.15, -0.1) is 0 Å².